The van der Waals surface area contributed by atoms with Gasteiger partial charge in [0.2, 0.25) is 0 Å². The van der Waals surface area contributed by atoms with Crippen LogP contribution >= 0.6 is 15.9 Å². The van der Waals surface area contributed by atoms with E-state index in [-0.39, 0.29) is 4.90 Å². The van der Waals surface area contributed by atoms with E-state index in [1.54, 1.807) is 12.1 Å². The number of piperidine rings is 1. The fourth-order valence-electron chi connectivity index (χ4n) is 3.21. The van der Waals surface area contributed by atoms with Gasteiger partial charge >= 0.3 is 0 Å². The normalized spacial score (nSPS) is 14.7. The Morgan fingerprint density at radius 3 is 2.30 bits per heavy atom. The van der Waals surface area contributed by atoms with Crippen LogP contribution in [0.1, 0.15) is 19.3 Å². The molecule has 0 radical (unpaired) electrons. The van der Waals surface area contributed by atoms with E-state index in [9.17, 15) is 8.42 Å². The van der Waals surface area contributed by atoms with Crippen molar-refractivity contribution in [3.05, 3.63) is 40.9 Å². The SMILES string of the molecule is COc1cc(Br)c(S(=O)(=O)Nc2ccccc2N2CCCCC2)cc1OC. The van der Waals surface area contributed by atoms with Crippen LogP contribution in [0.2, 0.25) is 0 Å². The number of methoxy groups -OCH3 is 2. The van der Waals surface area contributed by atoms with Gasteiger partial charge in [0.05, 0.1) is 25.6 Å². The van der Waals surface area contributed by atoms with Gasteiger partial charge < -0.3 is 14.4 Å². The second kappa shape index (κ2) is 8.39. The van der Waals surface area contributed by atoms with Gasteiger partial charge in [0, 0.05) is 23.6 Å². The van der Waals surface area contributed by atoms with Gasteiger partial charge in [0.25, 0.3) is 10.0 Å². The summed E-state index contributed by atoms with van der Waals surface area (Å²) in [5.41, 5.74) is 1.47. The molecule has 0 atom stereocenters. The van der Waals surface area contributed by atoms with Gasteiger partial charge in [-0.05, 0) is 53.4 Å². The lowest BCUT2D eigenvalue weighted by molar-refractivity contribution is 0.353. The zero-order valence-corrected chi connectivity index (χ0v) is 17.8. The van der Waals surface area contributed by atoms with Gasteiger partial charge in [-0.3, -0.25) is 4.72 Å². The van der Waals surface area contributed by atoms with Gasteiger partial charge in [-0.25, -0.2) is 8.42 Å². The number of benzene rings is 2. The summed E-state index contributed by atoms with van der Waals surface area (Å²) in [6, 6.07) is 10.5. The van der Waals surface area contributed by atoms with Crippen molar-refractivity contribution < 1.29 is 17.9 Å². The summed E-state index contributed by atoms with van der Waals surface area (Å²) in [6.45, 7) is 1.86. The first kappa shape index (κ1) is 19.8. The molecule has 1 heterocycles. The first-order chi connectivity index (χ1) is 13.0. The molecule has 0 unspecified atom stereocenters. The molecule has 0 saturated carbocycles. The second-order valence-electron chi connectivity index (χ2n) is 6.31. The Hall–Kier alpha value is -1.93. The molecule has 1 fully saturated rings. The van der Waals surface area contributed by atoms with Crippen molar-refractivity contribution in [1.29, 1.82) is 0 Å². The third-order valence-corrected chi connectivity index (χ3v) is 6.90. The molecule has 1 N–H and O–H groups in total. The highest BCUT2D eigenvalue weighted by Gasteiger charge is 2.23. The molecule has 0 spiro atoms. The smallest absolute Gasteiger partial charge is 0.263 e. The minimum Gasteiger partial charge on any atom is -0.493 e. The summed E-state index contributed by atoms with van der Waals surface area (Å²) in [7, 11) is -0.843. The van der Waals surface area contributed by atoms with Crippen LogP contribution in [-0.2, 0) is 10.0 Å². The highest BCUT2D eigenvalue weighted by Crippen LogP contribution is 2.37. The van der Waals surface area contributed by atoms with Crippen LogP contribution in [0.15, 0.2) is 45.8 Å². The highest BCUT2D eigenvalue weighted by molar-refractivity contribution is 9.10. The lowest BCUT2D eigenvalue weighted by Crippen LogP contribution is -2.30. The first-order valence-electron chi connectivity index (χ1n) is 8.74. The summed E-state index contributed by atoms with van der Waals surface area (Å²) in [5.74, 6) is 0.808. The third kappa shape index (κ3) is 4.32. The van der Waals surface area contributed by atoms with Crippen LogP contribution in [-0.4, -0.2) is 35.7 Å². The number of anilines is 2. The van der Waals surface area contributed by atoms with Gasteiger partial charge in [0.1, 0.15) is 4.90 Å². The van der Waals surface area contributed by atoms with E-state index >= 15 is 0 Å². The zero-order valence-electron chi connectivity index (χ0n) is 15.4. The van der Waals surface area contributed by atoms with Crippen molar-refractivity contribution in [3.63, 3.8) is 0 Å². The van der Waals surface area contributed by atoms with Crippen LogP contribution in [0, 0.1) is 0 Å². The summed E-state index contributed by atoms with van der Waals surface area (Å²) >= 11 is 3.33. The lowest BCUT2D eigenvalue weighted by atomic mass is 10.1. The van der Waals surface area contributed by atoms with Crippen molar-refractivity contribution in [2.24, 2.45) is 0 Å². The van der Waals surface area contributed by atoms with E-state index in [2.05, 4.69) is 25.6 Å². The topological polar surface area (TPSA) is 67.9 Å². The molecule has 8 heteroatoms. The minimum atomic E-state index is -3.82. The molecule has 146 valence electrons. The van der Waals surface area contributed by atoms with Crippen LogP contribution in [0.5, 0.6) is 11.5 Å². The molecular formula is C19H23BrN2O4S. The van der Waals surface area contributed by atoms with Crippen molar-refractivity contribution >= 4 is 37.3 Å². The number of nitrogens with zero attached hydrogens (tertiary/aromatic N) is 1. The number of halogens is 1. The summed E-state index contributed by atoms with van der Waals surface area (Å²) in [6.07, 6.45) is 3.44. The van der Waals surface area contributed by atoms with Crippen molar-refractivity contribution in [3.8, 4) is 11.5 Å². The molecule has 1 aliphatic rings. The van der Waals surface area contributed by atoms with Crippen LogP contribution in [0.3, 0.4) is 0 Å². The molecule has 6 nitrogen and oxygen atoms in total. The van der Waals surface area contributed by atoms with E-state index in [0.717, 1.165) is 31.6 Å². The number of para-hydroxylation sites is 2. The van der Waals surface area contributed by atoms with Crippen LogP contribution in [0.25, 0.3) is 0 Å². The van der Waals surface area contributed by atoms with E-state index < -0.39 is 10.0 Å². The fraction of sp³-hybridized carbons (Fsp3) is 0.368. The third-order valence-electron chi connectivity index (χ3n) is 4.57. The number of nitrogens with one attached hydrogen (secondary N) is 1. The molecule has 1 aliphatic heterocycles. The maximum Gasteiger partial charge on any atom is 0.263 e. The summed E-state index contributed by atoms with van der Waals surface area (Å²) < 4.78 is 39.8. The van der Waals surface area contributed by atoms with E-state index in [1.165, 1.54) is 26.7 Å². The van der Waals surface area contributed by atoms with E-state index in [4.69, 9.17) is 9.47 Å². The largest absolute Gasteiger partial charge is 0.493 e. The predicted molar refractivity (Wildman–Crippen MR) is 111 cm³/mol. The summed E-state index contributed by atoms with van der Waals surface area (Å²) in [4.78, 5) is 2.32. The van der Waals surface area contributed by atoms with Gasteiger partial charge in [-0.15, -0.1) is 0 Å². The number of rotatable bonds is 6. The van der Waals surface area contributed by atoms with Gasteiger partial charge in [0.15, 0.2) is 11.5 Å². The molecule has 2 aromatic carbocycles. The van der Waals surface area contributed by atoms with Crippen LogP contribution in [0.4, 0.5) is 11.4 Å². The number of ether oxygens (including phenoxy) is 2. The minimum absolute atomic E-state index is 0.0913. The summed E-state index contributed by atoms with van der Waals surface area (Å²) in [5, 5.41) is 0. The maximum absolute atomic E-state index is 13.1. The molecule has 2 aromatic rings. The van der Waals surface area contributed by atoms with Crippen molar-refractivity contribution in [2.45, 2.75) is 24.2 Å². The molecular weight excluding hydrogens is 432 g/mol. The molecule has 3 rings (SSSR count). The Kier molecular flexibility index (Phi) is 6.16. The number of hydrogen-bond acceptors (Lipinski definition) is 5. The molecule has 0 amide bonds. The zero-order chi connectivity index (χ0) is 19.4. The molecule has 0 aromatic heterocycles. The Bertz CT molecular complexity index is 912. The predicted octanol–water partition coefficient (Wildman–Crippen LogP) is 4.26. The Morgan fingerprint density at radius 2 is 1.63 bits per heavy atom. The molecule has 0 bridgehead atoms. The quantitative estimate of drug-likeness (QED) is 0.705. The molecule has 1 saturated heterocycles. The second-order valence-corrected chi connectivity index (χ2v) is 8.81. The maximum atomic E-state index is 13.1. The number of hydrogen-bond donors (Lipinski definition) is 1. The number of sulfonamides is 1. The van der Waals surface area contributed by atoms with Gasteiger partial charge in [-0.1, -0.05) is 12.1 Å². The first-order valence-corrected chi connectivity index (χ1v) is 11.0. The van der Waals surface area contributed by atoms with Crippen molar-refractivity contribution in [2.75, 3.05) is 36.9 Å². The average molecular weight is 455 g/mol. The Labute approximate surface area is 168 Å². The standard InChI is InChI=1S/C19H23BrN2O4S/c1-25-17-12-14(20)19(13-18(17)26-2)27(23,24)21-15-8-4-5-9-16(15)22-10-6-3-7-11-22/h4-5,8-9,12-13,21H,3,6-7,10-11H2,1-2H3. The Balaban J connectivity index is 1.96. The van der Waals surface area contributed by atoms with Gasteiger partial charge in [-0.2, -0.15) is 0 Å². The lowest BCUT2D eigenvalue weighted by Gasteiger charge is -2.30. The van der Waals surface area contributed by atoms with Crippen LogP contribution < -0.4 is 19.1 Å². The Morgan fingerprint density at radius 1 is 1.00 bits per heavy atom. The fourth-order valence-corrected chi connectivity index (χ4v) is 5.32. The highest BCUT2D eigenvalue weighted by atomic mass is 79.9. The van der Waals surface area contributed by atoms with E-state index in [1.807, 2.05) is 18.2 Å². The monoisotopic (exact) mass is 454 g/mol. The van der Waals surface area contributed by atoms with Crippen molar-refractivity contribution in [1.82, 2.24) is 0 Å². The van der Waals surface area contributed by atoms with E-state index in [0.29, 0.717) is 21.7 Å². The molecule has 27 heavy (non-hydrogen) atoms. The molecule has 0 aliphatic carbocycles. The average Bonchev–Trinajstić information content (AvgIpc) is 2.68.